The quantitative estimate of drug-likeness (QED) is 0.329. The van der Waals surface area contributed by atoms with Gasteiger partial charge in [0, 0.05) is 62.1 Å². The number of hydrogen-bond acceptors (Lipinski definition) is 6. The number of rotatable bonds is 5. The first-order chi connectivity index (χ1) is 13.4. The molecule has 0 bridgehead atoms. The molecule has 11 heteroatoms. The molecule has 1 aliphatic heterocycles. The van der Waals surface area contributed by atoms with Crippen molar-refractivity contribution >= 4 is 61.9 Å². The number of non-ortho nitro benzene ring substituents is 1. The Labute approximate surface area is 176 Å². The molecule has 28 heavy (non-hydrogen) atoms. The number of nitro benzene ring substituents is 1. The number of piperazine rings is 1. The zero-order valence-corrected chi connectivity index (χ0v) is 17.5. The average molecular weight is 443 g/mol. The van der Waals surface area contributed by atoms with Crippen molar-refractivity contribution in [2.75, 3.05) is 46.4 Å². The summed E-state index contributed by atoms with van der Waals surface area (Å²) in [6.45, 7) is 3.50. The summed E-state index contributed by atoms with van der Waals surface area (Å²) in [5, 5.41) is 15.7. The van der Waals surface area contributed by atoms with Crippen molar-refractivity contribution in [2.24, 2.45) is 0 Å². The molecule has 0 atom stereocenters. The summed E-state index contributed by atoms with van der Waals surface area (Å²) in [5.41, 5.74) is -0.0208. The van der Waals surface area contributed by atoms with Gasteiger partial charge in [-0.05, 0) is 18.3 Å². The summed E-state index contributed by atoms with van der Waals surface area (Å²) in [7, 11) is 1.63. The van der Waals surface area contributed by atoms with Gasteiger partial charge in [0.25, 0.3) is 11.6 Å². The molecule has 0 spiro atoms. The van der Waals surface area contributed by atoms with E-state index < -0.39 is 4.92 Å². The zero-order chi connectivity index (χ0) is 20.3. The molecule has 0 radical (unpaired) electrons. The SMILES string of the molecule is COCCNC(=S)N1CCN(C(=O)c2sc3cc([N+](=O)[O-])ccc3c2Cl)CC1. The van der Waals surface area contributed by atoms with Crippen LogP contribution < -0.4 is 5.32 Å². The lowest BCUT2D eigenvalue weighted by molar-refractivity contribution is -0.384. The number of nitro groups is 1. The van der Waals surface area contributed by atoms with Crippen molar-refractivity contribution in [1.29, 1.82) is 0 Å². The minimum absolute atomic E-state index is 0.0208. The van der Waals surface area contributed by atoms with Crippen molar-refractivity contribution in [3.8, 4) is 0 Å². The Kier molecular flexibility index (Phi) is 6.65. The Bertz CT molecular complexity index is 912. The van der Waals surface area contributed by atoms with E-state index in [4.69, 9.17) is 28.6 Å². The van der Waals surface area contributed by atoms with Crippen LogP contribution in [0.25, 0.3) is 10.1 Å². The molecule has 1 N–H and O–H groups in total. The average Bonchev–Trinajstić information content (AvgIpc) is 3.03. The smallest absolute Gasteiger partial charge is 0.270 e. The number of nitrogens with one attached hydrogen (secondary N) is 1. The van der Waals surface area contributed by atoms with E-state index in [1.165, 1.54) is 23.5 Å². The number of carbonyl (C=O) groups is 1. The minimum Gasteiger partial charge on any atom is -0.383 e. The maximum atomic E-state index is 12.9. The highest BCUT2D eigenvalue weighted by Crippen LogP contribution is 2.37. The predicted octanol–water partition coefficient (Wildman–Crippen LogP) is 2.74. The lowest BCUT2D eigenvalue weighted by atomic mass is 10.2. The number of carbonyl (C=O) groups excluding carboxylic acids is 1. The van der Waals surface area contributed by atoms with Crippen LogP contribution >= 0.6 is 35.2 Å². The van der Waals surface area contributed by atoms with Gasteiger partial charge in [-0.3, -0.25) is 14.9 Å². The normalized spacial score (nSPS) is 14.4. The van der Waals surface area contributed by atoms with E-state index in [2.05, 4.69) is 5.32 Å². The molecule has 1 fully saturated rings. The Hall–Kier alpha value is -2.01. The number of methoxy groups -OCH3 is 1. The summed E-state index contributed by atoms with van der Waals surface area (Å²) in [5.74, 6) is -0.160. The highest BCUT2D eigenvalue weighted by Gasteiger charge is 2.27. The lowest BCUT2D eigenvalue weighted by Gasteiger charge is -2.36. The highest BCUT2D eigenvalue weighted by atomic mass is 35.5. The molecule has 8 nitrogen and oxygen atoms in total. The van der Waals surface area contributed by atoms with E-state index in [1.54, 1.807) is 18.1 Å². The van der Waals surface area contributed by atoms with Crippen molar-refractivity contribution in [2.45, 2.75) is 0 Å². The third-order valence-electron chi connectivity index (χ3n) is 4.45. The van der Waals surface area contributed by atoms with Crippen molar-refractivity contribution < 1.29 is 14.5 Å². The van der Waals surface area contributed by atoms with Gasteiger partial charge in [0.15, 0.2) is 5.11 Å². The van der Waals surface area contributed by atoms with Crippen LogP contribution in [-0.2, 0) is 4.74 Å². The number of thiocarbonyl (C=S) groups is 1. The molecule has 1 amide bonds. The number of thiophene rings is 1. The van der Waals surface area contributed by atoms with E-state index in [0.717, 1.165) is 0 Å². The third kappa shape index (κ3) is 4.35. The first-order valence-electron chi connectivity index (χ1n) is 8.59. The van der Waals surface area contributed by atoms with E-state index >= 15 is 0 Å². The molecule has 1 aromatic carbocycles. The van der Waals surface area contributed by atoms with Crippen LogP contribution in [0, 0.1) is 10.1 Å². The van der Waals surface area contributed by atoms with Gasteiger partial charge in [0.1, 0.15) is 4.88 Å². The second-order valence-corrected chi connectivity index (χ2v) is 8.00. The molecule has 1 saturated heterocycles. The Morgan fingerprint density at radius 1 is 1.36 bits per heavy atom. The summed E-state index contributed by atoms with van der Waals surface area (Å²) in [4.78, 5) is 27.6. The Morgan fingerprint density at radius 2 is 2.04 bits per heavy atom. The molecule has 2 heterocycles. The number of benzene rings is 1. The molecule has 0 aliphatic carbocycles. The van der Waals surface area contributed by atoms with Crippen molar-refractivity contribution in [1.82, 2.24) is 15.1 Å². The van der Waals surface area contributed by atoms with Gasteiger partial charge in [0.05, 0.1) is 16.6 Å². The zero-order valence-electron chi connectivity index (χ0n) is 15.1. The molecule has 2 aromatic rings. The standard InChI is InChI=1S/C17H19ClN4O4S2/c1-26-9-4-19-17(27)21-7-5-20(6-8-21)16(23)15-14(18)12-3-2-11(22(24)25)10-13(12)28-15/h2-3,10H,4-9H2,1H3,(H,19,27). The number of fused-ring (bicyclic) bond motifs is 1. The molecule has 3 rings (SSSR count). The molecule has 1 aliphatic rings. The molecule has 150 valence electrons. The third-order valence-corrected chi connectivity index (χ3v) is 6.50. The van der Waals surface area contributed by atoms with Crippen molar-refractivity contribution in [3.05, 3.63) is 38.2 Å². The van der Waals surface area contributed by atoms with Gasteiger partial charge in [-0.25, -0.2) is 0 Å². The van der Waals surface area contributed by atoms with E-state index in [9.17, 15) is 14.9 Å². The number of nitrogens with zero attached hydrogens (tertiary/aromatic N) is 3. The fourth-order valence-electron chi connectivity index (χ4n) is 2.93. The highest BCUT2D eigenvalue weighted by molar-refractivity contribution is 7.80. The second kappa shape index (κ2) is 8.99. The number of amides is 1. The lowest BCUT2D eigenvalue weighted by Crippen LogP contribution is -2.53. The van der Waals surface area contributed by atoms with Gasteiger partial charge < -0.3 is 19.9 Å². The summed E-state index contributed by atoms with van der Waals surface area (Å²) in [6.07, 6.45) is 0. The monoisotopic (exact) mass is 442 g/mol. The van der Waals surface area contributed by atoms with Crippen LogP contribution in [-0.4, -0.2) is 72.2 Å². The number of hydrogen-bond donors (Lipinski definition) is 1. The summed E-state index contributed by atoms with van der Waals surface area (Å²) < 4.78 is 5.62. The minimum atomic E-state index is -0.461. The van der Waals surface area contributed by atoms with Gasteiger partial charge in [0.2, 0.25) is 0 Å². The van der Waals surface area contributed by atoms with Crippen LogP contribution in [0.15, 0.2) is 18.2 Å². The fourth-order valence-corrected chi connectivity index (χ4v) is 4.73. The fraction of sp³-hybridized carbons (Fsp3) is 0.412. The summed E-state index contributed by atoms with van der Waals surface area (Å²) >= 11 is 12.9. The second-order valence-electron chi connectivity index (χ2n) is 6.19. The Morgan fingerprint density at radius 3 is 2.68 bits per heavy atom. The molecule has 0 unspecified atom stereocenters. The van der Waals surface area contributed by atoms with Gasteiger partial charge in [-0.2, -0.15) is 0 Å². The Balaban J connectivity index is 1.67. The first kappa shape index (κ1) is 20.7. The molecular formula is C17H19ClN4O4S2. The predicted molar refractivity (Wildman–Crippen MR) is 113 cm³/mol. The van der Waals surface area contributed by atoms with E-state index in [0.29, 0.717) is 64.4 Å². The van der Waals surface area contributed by atoms with E-state index in [1.807, 2.05) is 4.90 Å². The molecular weight excluding hydrogens is 424 g/mol. The first-order valence-corrected chi connectivity index (χ1v) is 10.2. The van der Waals surface area contributed by atoms with Gasteiger partial charge in [-0.15, -0.1) is 11.3 Å². The number of ether oxygens (including phenoxy) is 1. The summed E-state index contributed by atoms with van der Waals surface area (Å²) in [6, 6.07) is 4.43. The maximum Gasteiger partial charge on any atom is 0.270 e. The number of halogens is 1. The van der Waals surface area contributed by atoms with E-state index in [-0.39, 0.29) is 11.6 Å². The van der Waals surface area contributed by atoms with Gasteiger partial charge >= 0.3 is 0 Å². The van der Waals surface area contributed by atoms with Crippen LogP contribution in [0.4, 0.5) is 5.69 Å². The van der Waals surface area contributed by atoms with Crippen molar-refractivity contribution in [3.63, 3.8) is 0 Å². The molecule has 0 saturated carbocycles. The maximum absolute atomic E-state index is 12.9. The van der Waals surface area contributed by atoms with Gasteiger partial charge in [-0.1, -0.05) is 11.6 Å². The van der Waals surface area contributed by atoms with Crippen LogP contribution in [0.1, 0.15) is 9.67 Å². The topological polar surface area (TPSA) is 88.0 Å². The van der Waals surface area contributed by atoms with Crippen LogP contribution in [0.3, 0.4) is 0 Å². The molecule has 1 aromatic heterocycles. The largest absolute Gasteiger partial charge is 0.383 e. The van der Waals surface area contributed by atoms with Crippen LogP contribution in [0.5, 0.6) is 0 Å². The van der Waals surface area contributed by atoms with Crippen LogP contribution in [0.2, 0.25) is 5.02 Å².